The highest BCUT2D eigenvalue weighted by atomic mass is 19.4. The summed E-state index contributed by atoms with van der Waals surface area (Å²) in [6, 6.07) is 2.00. The molecule has 0 saturated heterocycles. The average molecular weight is 303 g/mol. The van der Waals surface area contributed by atoms with Gasteiger partial charge in [0.05, 0.1) is 5.56 Å². The van der Waals surface area contributed by atoms with Crippen LogP contribution in [0.5, 0.6) is 0 Å². The Balaban J connectivity index is 2.09. The zero-order valence-corrected chi connectivity index (χ0v) is 11.9. The highest BCUT2D eigenvalue weighted by Crippen LogP contribution is 2.33. The van der Waals surface area contributed by atoms with Crippen molar-refractivity contribution in [2.75, 3.05) is 30.8 Å². The molecule has 118 valence electrons. The summed E-state index contributed by atoms with van der Waals surface area (Å²) in [5, 5.41) is 14.9. The maximum atomic E-state index is 12.8. The zero-order valence-electron chi connectivity index (χ0n) is 11.9. The first kappa shape index (κ1) is 15.9. The molecule has 0 aromatic carbocycles. The average Bonchev–Trinajstić information content (AvgIpc) is 2.91. The van der Waals surface area contributed by atoms with Gasteiger partial charge in [0, 0.05) is 20.2 Å². The van der Waals surface area contributed by atoms with Gasteiger partial charge >= 0.3 is 6.18 Å². The zero-order chi connectivity index (χ0) is 15.5. The number of nitrogens with zero attached hydrogens (tertiary/aromatic N) is 1. The number of anilines is 2. The third-order valence-electron chi connectivity index (χ3n) is 4.01. The Bertz CT molecular complexity index is 479. The van der Waals surface area contributed by atoms with E-state index in [1.54, 1.807) is 0 Å². The Morgan fingerprint density at radius 2 is 1.90 bits per heavy atom. The molecule has 1 aromatic rings. The fourth-order valence-electron chi connectivity index (χ4n) is 2.77. The second kappa shape index (κ2) is 6.51. The summed E-state index contributed by atoms with van der Waals surface area (Å²) in [6.07, 6.45) is -1.39. The number of pyridine rings is 1. The van der Waals surface area contributed by atoms with Gasteiger partial charge in [-0.2, -0.15) is 13.2 Å². The van der Waals surface area contributed by atoms with E-state index in [0.29, 0.717) is 6.54 Å². The van der Waals surface area contributed by atoms with Gasteiger partial charge in [0.25, 0.3) is 0 Å². The van der Waals surface area contributed by atoms with E-state index in [0.717, 1.165) is 31.4 Å². The quantitative estimate of drug-likeness (QED) is 0.783. The third kappa shape index (κ3) is 4.00. The summed E-state index contributed by atoms with van der Waals surface area (Å²) in [7, 11) is 1.53. The van der Waals surface area contributed by atoms with Crippen LogP contribution in [0.15, 0.2) is 12.1 Å². The van der Waals surface area contributed by atoms with Crippen LogP contribution in [0.1, 0.15) is 24.8 Å². The van der Waals surface area contributed by atoms with Crippen molar-refractivity contribution in [3.05, 3.63) is 17.7 Å². The van der Waals surface area contributed by atoms with Crippen LogP contribution < -0.4 is 10.6 Å². The van der Waals surface area contributed by atoms with Crippen LogP contribution in [0.3, 0.4) is 0 Å². The Morgan fingerprint density at radius 3 is 2.52 bits per heavy atom. The van der Waals surface area contributed by atoms with E-state index < -0.39 is 11.7 Å². The maximum absolute atomic E-state index is 12.8. The molecule has 1 saturated carbocycles. The fraction of sp³-hybridized carbons (Fsp3) is 0.643. The lowest BCUT2D eigenvalue weighted by Gasteiger charge is -2.19. The molecule has 1 aliphatic carbocycles. The molecular weight excluding hydrogens is 283 g/mol. The number of nitrogens with one attached hydrogen (secondary N) is 2. The monoisotopic (exact) mass is 303 g/mol. The smallest absolute Gasteiger partial charge is 0.396 e. The fourth-order valence-corrected chi connectivity index (χ4v) is 2.77. The first-order valence-corrected chi connectivity index (χ1v) is 7.05. The number of aliphatic hydroxyl groups excluding tert-OH is 1. The summed E-state index contributed by atoms with van der Waals surface area (Å²) in [5.41, 5.74) is -0.727. The molecule has 0 spiro atoms. The number of halogens is 3. The predicted molar refractivity (Wildman–Crippen MR) is 75.2 cm³/mol. The lowest BCUT2D eigenvalue weighted by Crippen LogP contribution is -2.21. The van der Waals surface area contributed by atoms with E-state index in [1.165, 1.54) is 7.05 Å². The number of rotatable bonds is 5. The van der Waals surface area contributed by atoms with E-state index in [1.807, 2.05) is 0 Å². The molecule has 1 fully saturated rings. The van der Waals surface area contributed by atoms with Gasteiger partial charge in [-0.25, -0.2) is 4.98 Å². The molecule has 21 heavy (non-hydrogen) atoms. The standard InChI is InChI=1S/C14H20F3N3O/c1-18-12-5-11(14(15,16)17)6-13(20-12)19-7-9-3-2-4-10(9)8-21/h5-6,9-10,21H,2-4,7-8H2,1H3,(H2,18,19,20). The van der Waals surface area contributed by atoms with Crippen LogP contribution in [-0.4, -0.2) is 30.3 Å². The van der Waals surface area contributed by atoms with Crippen molar-refractivity contribution in [3.63, 3.8) is 0 Å². The highest BCUT2D eigenvalue weighted by Gasteiger charge is 2.32. The minimum atomic E-state index is -4.40. The molecule has 2 unspecified atom stereocenters. The Kier molecular flexibility index (Phi) is 4.92. The van der Waals surface area contributed by atoms with Gasteiger partial charge in [-0.15, -0.1) is 0 Å². The minimum Gasteiger partial charge on any atom is -0.396 e. The molecule has 1 heterocycles. The van der Waals surface area contributed by atoms with Crippen molar-refractivity contribution in [1.82, 2.24) is 4.98 Å². The van der Waals surface area contributed by atoms with Crippen molar-refractivity contribution in [1.29, 1.82) is 0 Å². The van der Waals surface area contributed by atoms with Crippen molar-refractivity contribution < 1.29 is 18.3 Å². The molecule has 0 amide bonds. The van der Waals surface area contributed by atoms with Crippen molar-refractivity contribution >= 4 is 11.6 Å². The van der Waals surface area contributed by atoms with Gasteiger partial charge in [0.1, 0.15) is 11.6 Å². The number of aliphatic hydroxyl groups is 1. The number of hydrogen-bond donors (Lipinski definition) is 3. The van der Waals surface area contributed by atoms with Gasteiger partial charge in [0.15, 0.2) is 0 Å². The van der Waals surface area contributed by atoms with Crippen LogP contribution >= 0.6 is 0 Å². The molecule has 0 bridgehead atoms. The SMILES string of the molecule is CNc1cc(C(F)(F)F)cc(NCC2CCCC2CO)n1. The molecular formula is C14H20F3N3O. The summed E-state index contributed by atoms with van der Waals surface area (Å²) in [6.45, 7) is 0.660. The summed E-state index contributed by atoms with van der Waals surface area (Å²) < 4.78 is 38.5. The van der Waals surface area contributed by atoms with E-state index in [2.05, 4.69) is 15.6 Å². The minimum absolute atomic E-state index is 0.129. The molecule has 0 aliphatic heterocycles. The Morgan fingerprint density at radius 1 is 1.24 bits per heavy atom. The van der Waals surface area contributed by atoms with E-state index >= 15 is 0 Å². The van der Waals surface area contributed by atoms with E-state index in [-0.39, 0.29) is 30.1 Å². The van der Waals surface area contributed by atoms with Gasteiger partial charge in [-0.3, -0.25) is 0 Å². The Labute approximate surface area is 121 Å². The number of aromatic nitrogens is 1. The normalized spacial score (nSPS) is 22.3. The molecule has 1 aliphatic rings. The van der Waals surface area contributed by atoms with Crippen LogP contribution in [0, 0.1) is 11.8 Å². The summed E-state index contributed by atoms with van der Waals surface area (Å²) >= 11 is 0. The molecule has 3 N–H and O–H groups in total. The lowest BCUT2D eigenvalue weighted by atomic mass is 9.97. The topological polar surface area (TPSA) is 57.2 Å². The Hall–Kier alpha value is -1.50. The molecule has 4 nitrogen and oxygen atoms in total. The van der Waals surface area contributed by atoms with Crippen LogP contribution in [-0.2, 0) is 6.18 Å². The maximum Gasteiger partial charge on any atom is 0.416 e. The summed E-state index contributed by atoms with van der Waals surface area (Å²) in [5.74, 6) is 0.895. The molecule has 2 atom stereocenters. The third-order valence-corrected chi connectivity index (χ3v) is 4.01. The number of hydrogen-bond acceptors (Lipinski definition) is 4. The largest absolute Gasteiger partial charge is 0.416 e. The lowest BCUT2D eigenvalue weighted by molar-refractivity contribution is -0.137. The van der Waals surface area contributed by atoms with Crippen molar-refractivity contribution in [2.45, 2.75) is 25.4 Å². The van der Waals surface area contributed by atoms with Crippen molar-refractivity contribution in [3.8, 4) is 0 Å². The first-order chi connectivity index (χ1) is 9.94. The van der Waals surface area contributed by atoms with Gasteiger partial charge in [-0.05, 0) is 36.8 Å². The molecule has 1 aromatic heterocycles. The predicted octanol–water partition coefficient (Wildman–Crippen LogP) is 2.96. The van der Waals surface area contributed by atoms with Crippen LogP contribution in [0.4, 0.5) is 24.8 Å². The second-order valence-corrected chi connectivity index (χ2v) is 5.39. The molecule has 2 rings (SSSR count). The molecule has 7 heteroatoms. The van der Waals surface area contributed by atoms with Gasteiger partial charge in [0.2, 0.25) is 0 Å². The van der Waals surface area contributed by atoms with Crippen LogP contribution in [0.25, 0.3) is 0 Å². The first-order valence-electron chi connectivity index (χ1n) is 7.05. The molecule has 0 radical (unpaired) electrons. The van der Waals surface area contributed by atoms with Gasteiger partial charge in [-0.1, -0.05) is 6.42 Å². The number of alkyl halides is 3. The summed E-state index contributed by atoms with van der Waals surface area (Å²) in [4.78, 5) is 4.09. The van der Waals surface area contributed by atoms with Crippen molar-refractivity contribution in [2.24, 2.45) is 11.8 Å². The second-order valence-electron chi connectivity index (χ2n) is 5.39. The van der Waals surface area contributed by atoms with E-state index in [4.69, 9.17) is 0 Å². The van der Waals surface area contributed by atoms with E-state index in [9.17, 15) is 18.3 Å². The van der Waals surface area contributed by atoms with Gasteiger partial charge < -0.3 is 15.7 Å². The highest BCUT2D eigenvalue weighted by molar-refractivity contribution is 5.49. The van der Waals surface area contributed by atoms with Crippen LogP contribution in [0.2, 0.25) is 0 Å².